The number of hydrogen-bond donors (Lipinski definition) is 1. The van der Waals surface area contributed by atoms with Crippen molar-refractivity contribution in [2.24, 2.45) is 5.92 Å². The lowest BCUT2D eigenvalue weighted by Gasteiger charge is -2.49. The summed E-state index contributed by atoms with van der Waals surface area (Å²) in [4.78, 5) is 36.3. The molecule has 1 N–H and O–H groups in total. The highest BCUT2D eigenvalue weighted by atomic mass is 32.1. The molecule has 3 aromatic rings. The van der Waals surface area contributed by atoms with E-state index in [1.807, 2.05) is 30.6 Å². The van der Waals surface area contributed by atoms with E-state index in [0.29, 0.717) is 25.5 Å². The number of fused-ring (bicyclic) bond motifs is 1. The van der Waals surface area contributed by atoms with Crippen LogP contribution in [0.2, 0.25) is 0 Å². The third-order valence-corrected chi connectivity index (χ3v) is 7.38. The summed E-state index contributed by atoms with van der Waals surface area (Å²) in [6, 6.07) is 8.40. The van der Waals surface area contributed by atoms with Gasteiger partial charge in [-0.2, -0.15) is 0 Å². The molecule has 0 amide bonds. The summed E-state index contributed by atoms with van der Waals surface area (Å²) in [6.07, 6.45) is 2.33. The molecule has 0 spiro atoms. The number of anilines is 1. The number of nitrogens with zero attached hydrogens (tertiary/aromatic N) is 4. The van der Waals surface area contributed by atoms with Gasteiger partial charge >= 0.3 is 5.97 Å². The second-order valence-corrected chi connectivity index (χ2v) is 9.19. The number of hydrogen-bond acceptors (Lipinski definition) is 9. The summed E-state index contributed by atoms with van der Waals surface area (Å²) in [5, 5.41) is 17.6. The van der Waals surface area contributed by atoms with Crippen LogP contribution in [0, 0.1) is 16.0 Å². The first-order valence-corrected chi connectivity index (χ1v) is 11.9. The molecule has 10 heteroatoms. The molecule has 3 atom stereocenters. The van der Waals surface area contributed by atoms with Crippen LogP contribution < -0.4 is 10.2 Å². The molecule has 1 saturated heterocycles. The minimum Gasteiger partial charge on any atom is -0.465 e. The molecule has 3 heterocycles. The lowest BCUT2D eigenvalue weighted by atomic mass is 9.74. The number of nitro benzene ring substituents is 1. The van der Waals surface area contributed by atoms with E-state index in [1.54, 1.807) is 24.3 Å². The number of nitro groups is 1. The van der Waals surface area contributed by atoms with Crippen molar-refractivity contribution in [2.45, 2.75) is 45.3 Å². The fraction of sp³-hybridized carbons (Fsp3) is 0.435. The summed E-state index contributed by atoms with van der Waals surface area (Å²) in [5.41, 5.74) is -0.165. The van der Waals surface area contributed by atoms with E-state index in [0.717, 1.165) is 15.8 Å². The number of ether oxygens (including phenoxy) is 1. The normalized spacial score (nSPS) is 22.9. The topological polar surface area (TPSA) is 110 Å². The van der Waals surface area contributed by atoms with E-state index in [9.17, 15) is 14.9 Å². The van der Waals surface area contributed by atoms with Gasteiger partial charge in [0.15, 0.2) is 0 Å². The van der Waals surface area contributed by atoms with E-state index in [-0.39, 0.29) is 30.2 Å². The molecule has 174 valence electrons. The van der Waals surface area contributed by atoms with Crippen molar-refractivity contribution in [2.75, 3.05) is 18.1 Å². The van der Waals surface area contributed by atoms with Gasteiger partial charge in [-0.25, -0.2) is 9.97 Å². The van der Waals surface area contributed by atoms with Crippen LogP contribution in [0.3, 0.4) is 0 Å². The molecule has 1 aliphatic rings. The zero-order valence-corrected chi connectivity index (χ0v) is 19.7. The molecular weight excluding hydrogens is 442 g/mol. The Balaban J connectivity index is 1.59. The fourth-order valence-electron chi connectivity index (χ4n) is 4.49. The van der Waals surface area contributed by atoms with Crippen molar-refractivity contribution < 1.29 is 14.5 Å². The molecule has 2 aromatic heterocycles. The Labute approximate surface area is 195 Å². The van der Waals surface area contributed by atoms with Crippen molar-refractivity contribution >= 4 is 39.2 Å². The van der Waals surface area contributed by atoms with Gasteiger partial charge in [0.2, 0.25) is 5.95 Å². The molecule has 0 saturated carbocycles. The number of carbonyl (C=O) groups excluding carboxylic acids is 1. The Bertz CT molecular complexity index is 1170. The number of thiophene rings is 1. The Morgan fingerprint density at radius 2 is 2.21 bits per heavy atom. The van der Waals surface area contributed by atoms with Crippen molar-refractivity contribution in [1.29, 1.82) is 0 Å². The van der Waals surface area contributed by atoms with E-state index >= 15 is 0 Å². The zero-order chi connectivity index (χ0) is 23.6. The Morgan fingerprint density at radius 1 is 1.39 bits per heavy atom. The first kappa shape index (κ1) is 23.1. The van der Waals surface area contributed by atoms with Gasteiger partial charge in [-0.05, 0) is 37.3 Å². The van der Waals surface area contributed by atoms with Gasteiger partial charge < -0.3 is 9.64 Å². The molecule has 1 fully saturated rings. The van der Waals surface area contributed by atoms with Gasteiger partial charge in [0.1, 0.15) is 10.4 Å². The third-order valence-electron chi connectivity index (χ3n) is 6.56. The van der Waals surface area contributed by atoms with E-state index in [1.165, 1.54) is 12.1 Å². The number of nitrogens with one attached hydrogen (secondary N) is 1. The second kappa shape index (κ2) is 9.40. The van der Waals surface area contributed by atoms with E-state index in [4.69, 9.17) is 9.72 Å². The lowest BCUT2D eigenvalue weighted by Crippen LogP contribution is -2.66. The highest BCUT2D eigenvalue weighted by Gasteiger charge is 2.51. The average molecular weight is 470 g/mol. The lowest BCUT2D eigenvalue weighted by molar-refractivity contribution is -0.384. The summed E-state index contributed by atoms with van der Waals surface area (Å²) in [6.45, 7) is 7.05. The predicted molar refractivity (Wildman–Crippen MR) is 127 cm³/mol. The van der Waals surface area contributed by atoms with Gasteiger partial charge in [0.05, 0.1) is 11.5 Å². The maximum atomic E-state index is 13.2. The summed E-state index contributed by atoms with van der Waals surface area (Å²) in [7, 11) is 0. The van der Waals surface area contributed by atoms with Crippen molar-refractivity contribution in [3.05, 3.63) is 57.6 Å². The van der Waals surface area contributed by atoms with Gasteiger partial charge in [-0.1, -0.05) is 19.1 Å². The smallest absolute Gasteiger partial charge is 0.326 e. The average Bonchev–Trinajstić information content (AvgIpc) is 3.28. The minimum absolute atomic E-state index is 0.0249. The third kappa shape index (κ3) is 4.40. The standard InChI is InChI=1S/C23H27N5O4S/c1-4-32-21(29)23(25-13-17-6-5-7-19(12-17)28(30)31)9-10-27(16(3)15(23)2)22-24-14-18-8-11-33-20(18)26-22/h5-8,11-12,14-16,25H,4,9-10,13H2,1-3H3. The Hall–Kier alpha value is -3.11. The van der Waals surface area contributed by atoms with Crippen LogP contribution in [-0.2, 0) is 16.1 Å². The molecular formula is C23H27N5O4S. The Morgan fingerprint density at radius 3 is 2.97 bits per heavy atom. The van der Waals surface area contributed by atoms with Crippen molar-refractivity contribution in [3.63, 3.8) is 0 Å². The van der Waals surface area contributed by atoms with Gasteiger partial charge in [0, 0.05) is 48.8 Å². The number of aromatic nitrogens is 2. The van der Waals surface area contributed by atoms with Gasteiger partial charge in [-0.15, -0.1) is 11.3 Å². The van der Waals surface area contributed by atoms with Crippen LogP contribution in [0.1, 0.15) is 32.8 Å². The maximum Gasteiger partial charge on any atom is 0.326 e. The SMILES string of the molecule is CCOC(=O)C1(NCc2cccc([N+](=O)[O-])c2)CCN(c2ncc3ccsc3n2)C(C)C1C. The van der Waals surface area contributed by atoms with Crippen LogP contribution in [0.5, 0.6) is 0 Å². The molecule has 0 radical (unpaired) electrons. The first-order valence-electron chi connectivity index (χ1n) is 11.0. The monoisotopic (exact) mass is 469 g/mol. The quantitative estimate of drug-likeness (QED) is 0.315. The molecule has 1 aliphatic heterocycles. The number of rotatable bonds is 7. The molecule has 4 rings (SSSR count). The number of non-ortho nitro benzene ring substituents is 1. The summed E-state index contributed by atoms with van der Waals surface area (Å²) >= 11 is 1.58. The van der Waals surface area contributed by atoms with Crippen LogP contribution in [0.25, 0.3) is 10.2 Å². The van der Waals surface area contributed by atoms with Crippen molar-refractivity contribution in [3.8, 4) is 0 Å². The second-order valence-electron chi connectivity index (χ2n) is 8.30. The molecule has 33 heavy (non-hydrogen) atoms. The van der Waals surface area contributed by atoms with Crippen LogP contribution >= 0.6 is 11.3 Å². The van der Waals surface area contributed by atoms with Crippen LogP contribution in [-0.4, -0.2) is 45.6 Å². The number of benzene rings is 1. The fourth-order valence-corrected chi connectivity index (χ4v) is 5.22. The minimum atomic E-state index is -0.927. The molecule has 3 unspecified atom stereocenters. The number of piperidine rings is 1. The Kier molecular flexibility index (Phi) is 6.57. The van der Waals surface area contributed by atoms with E-state index in [2.05, 4.69) is 22.1 Å². The number of esters is 1. The largest absolute Gasteiger partial charge is 0.465 e. The molecule has 1 aromatic carbocycles. The van der Waals surface area contributed by atoms with Crippen molar-refractivity contribution in [1.82, 2.24) is 15.3 Å². The van der Waals surface area contributed by atoms with Crippen LogP contribution in [0.15, 0.2) is 41.9 Å². The van der Waals surface area contributed by atoms with Crippen LogP contribution in [0.4, 0.5) is 11.6 Å². The maximum absolute atomic E-state index is 13.2. The molecule has 0 aliphatic carbocycles. The molecule has 9 nitrogen and oxygen atoms in total. The highest BCUT2D eigenvalue weighted by Crippen LogP contribution is 2.36. The first-order chi connectivity index (χ1) is 15.9. The van der Waals surface area contributed by atoms with Gasteiger partial charge in [-0.3, -0.25) is 20.2 Å². The predicted octanol–water partition coefficient (Wildman–Crippen LogP) is 3.93. The number of carbonyl (C=O) groups is 1. The molecule has 0 bridgehead atoms. The summed E-state index contributed by atoms with van der Waals surface area (Å²) < 4.78 is 5.48. The highest BCUT2D eigenvalue weighted by molar-refractivity contribution is 7.16. The van der Waals surface area contributed by atoms with E-state index < -0.39 is 10.5 Å². The van der Waals surface area contributed by atoms with Gasteiger partial charge in [0.25, 0.3) is 5.69 Å². The zero-order valence-electron chi connectivity index (χ0n) is 18.9. The summed E-state index contributed by atoms with van der Waals surface area (Å²) in [5.74, 6) is 0.219.